The lowest BCUT2D eigenvalue weighted by atomic mass is 9.70. The minimum absolute atomic E-state index is 1.30. The van der Waals surface area contributed by atoms with E-state index in [2.05, 4.69) is 27.7 Å². The summed E-state index contributed by atoms with van der Waals surface area (Å²) in [6.07, 6.45) is 5.19. The van der Waals surface area contributed by atoms with Gasteiger partial charge in [-0.2, -0.15) is 0 Å². The van der Waals surface area contributed by atoms with Crippen LogP contribution in [0.5, 0.6) is 0 Å². The van der Waals surface area contributed by atoms with Gasteiger partial charge in [-0.3, -0.25) is 0 Å². The van der Waals surface area contributed by atoms with Crippen molar-refractivity contribution >= 4 is 0 Å². The average Bonchev–Trinajstić information content (AvgIpc) is 2.12. The summed E-state index contributed by atoms with van der Waals surface area (Å²) in [6.45, 7) is 9.28. The van der Waals surface area contributed by atoms with Gasteiger partial charge in [-0.15, -0.1) is 0 Å². The molecule has 0 bridgehead atoms. The highest BCUT2D eigenvalue weighted by Crippen LogP contribution is 2.48. The molecule has 0 aliphatic heterocycles. The molecule has 0 saturated heterocycles. The van der Waals surface area contributed by atoms with Crippen LogP contribution in [-0.2, 0) is 0 Å². The molecule has 0 unspecified atom stereocenters. The van der Waals surface area contributed by atoms with Gasteiger partial charge >= 0.3 is 0 Å². The lowest BCUT2D eigenvalue weighted by molar-refractivity contribution is 0.767. The molecule has 0 amide bonds. The second-order valence-corrected chi connectivity index (χ2v) is 5.41. The summed E-state index contributed by atoms with van der Waals surface area (Å²) >= 11 is 0. The predicted molar refractivity (Wildman–Crippen MR) is 69.3 cm³/mol. The van der Waals surface area contributed by atoms with Crippen LogP contribution in [0.4, 0.5) is 0 Å². The molecule has 16 heavy (non-hydrogen) atoms. The van der Waals surface area contributed by atoms with Crippen molar-refractivity contribution in [2.75, 3.05) is 0 Å². The molecule has 0 aromatic rings. The molecule has 3 aliphatic rings. The minimum atomic E-state index is 1.30. The number of hydrogen-bond donors (Lipinski definition) is 0. The molecule has 0 nitrogen and oxygen atoms in total. The van der Waals surface area contributed by atoms with Gasteiger partial charge in [-0.05, 0) is 98.0 Å². The molecule has 0 aromatic heterocycles. The van der Waals surface area contributed by atoms with Gasteiger partial charge in [-0.1, -0.05) is 0 Å². The first kappa shape index (κ1) is 10.1. The fourth-order valence-corrected chi connectivity index (χ4v) is 3.31. The Hall–Kier alpha value is -1.04. The van der Waals surface area contributed by atoms with Crippen molar-refractivity contribution < 1.29 is 0 Å². The largest absolute Gasteiger partial charge is 0.0444 e. The molecular formula is C16H20. The molecule has 0 atom stereocenters. The molecule has 0 heterocycles. The Morgan fingerprint density at radius 1 is 0.438 bits per heavy atom. The molecular weight excluding hydrogens is 192 g/mol. The lowest BCUT2D eigenvalue weighted by Gasteiger charge is -2.35. The second-order valence-electron chi connectivity index (χ2n) is 5.41. The summed E-state index contributed by atoms with van der Waals surface area (Å²) in [4.78, 5) is 0. The van der Waals surface area contributed by atoms with E-state index in [1.807, 2.05) is 0 Å². The maximum absolute atomic E-state index is 2.32. The third-order valence-corrected chi connectivity index (χ3v) is 4.91. The van der Waals surface area contributed by atoms with Crippen LogP contribution in [0.15, 0.2) is 44.6 Å². The van der Waals surface area contributed by atoms with Gasteiger partial charge in [-0.25, -0.2) is 0 Å². The van der Waals surface area contributed by atoms with Crippen molar-refractivity contribution in [3.8, 4) is 0 Å². The van der Waals surface area contributed by atoms with Gasteiger partial charge in [0.25, 0.3) is 0 Å². The van der Waals surface area contributed by atoms with E-state index < -0.39 is 0 Å². The number of hydrogen-bond acceptors (Lipinski definition) is 0. The summed E-state index contributed by atoms with van der Waals surface area (Å²) < 4.78 is 0. The van der Waals surface area contributed by atoms with E-state index in [-0.39, 0.29) is 0 Å². The van der Waals surface area contributed by atoms with Gasteiger partial charge in [0, 0.05) is 0 Å². The molecule has 0 radical (unpaired) electrons. The van der Waals surface area contributed by atoms with E-state index >= 15 is 0 Å². The van der Waals surface area contributed by atoms with Crippen LogP contribution >= 0.6 is 0 Å². The lowest BCUT2D eigenvalue weighted by Crippen LogP contribution is -2.16. The quantitative estimate of drug-likeness (QED) is 0.538. The Balaban J connectivity index is 2.27. The maximum atomic E-state index is 2.32. The van der Waals surface area contributed by atoms with Crippen LogP contribution in [0, 0.1) is 0 Å². The van der Waals surface area contributed by atoms with Crippen molar-refractivity contribution in [1.82, 2.24) is 0 Å². The third kappa shape index (κ3) is 1.10. The Morgan fingerprint density at radius 2 is 0.625 bits per heavy atom. The minimum Gasteiger partial charge on any atom is -0.0444 e. The van der Waals surface area contributed by atoms with Crippen LogP contribution < -0.4 is 0 Å². The van der Waals surface area contributed by atoms with Crippen molar-refractivity contribution in [1.29, 1.82) is 0 Å². The molecule has 0 heteroatoms. The molecule has 84 valence electrons. The summed E-state index contributed by atoms with van der Waals surface area (Å²) in [5, 5.41) is 0. The highest BCUT2D eigenvalue weighted by Gasteiger charge is 2.29. The van der Waals surface area contributed by atoms with Gasteiger partial charge in [0.2, 0.25) is 0 Å². The zero-order chi connectivity index (χ0) is 11.4. The summed E-state index contributed by atoms with van der Waals surface area (Å²) in [5.74, 6) is 0. The maximum Gasteiger partial charge on any atom is -0.0232 e. The fourth-order valence-electron chi connectivity index (χ4n) is 3.31. The third-order valence-electron chi connectivity index (χ3n) is 4.91. The van der Waals surface area contributed by atoms with Crippen molar-refractivity contribution in [3.63, 3.8) is 0 Å². The zero-order valence-electron chi connectivity index (χ0n) is 10.8. The Morgan fingerprint density at radius 3 is 0.750 bits per heavy atom. The second kappa shape index (κ2) is 3.23. The first-order valence-corrected chi connectivity index (χ1v) is 6.41. The fraction of sp³-hybridized carbons (Fsp3) is 0.500. The molecule has 0 saturated carbocycles. The standard InChI is InChI=1S/C16H20/c1-9-10(2)14-7-8-16(14)12(4)11(3)15-6-5-13(9)15/h5-8H2,1-4H3. The van der Waals surface area contributed by atoms with Gasteiger partial charge in [0.05, 0.1) is 0 Å². The number of allylic oxidation sites excluding steroid dienone is 8. The van der Waals surface area contributed by atoms with Crippen LogP contribution in [0.1, 0.15) is 53.4 Å². The first-order chi connectivity index (χ1) is 7.61. The summed E-state index contributed by atoms with van der Waals surface area (Å²) in [7, 11) is 0. The molecule has 3 aliphatic carbocycles. The smallest absolute Gasteiger partial charge is 0.0232 e. The highest BCUT2D eigenvalue weighted by atomic mass is 14.3. The Kier molecular flexibility index (Phi) is 2.04. The molecule has 0 fully saturated rings. The van der Waals surface area contributed by atoms with Gasteiger partial charge < -0.3 is 0 Å². The normalized spacial score (nSPS) is 24.8. The van der Waals surface area contributed by atoms with Gasteiger partial charge in [0.1, 0.15) is 0 Å². The molecule has 0 aromatic carbocycles. The van der Waals surface area contributed by atoms with Crippen LogP contribution in [0.3, 0.4) is 0 Å². The van der Waals surface area contributed by atoms with E-state index in [0.717, 1.165) is 0 Å². The van der Waals surface area contributed by atoms with E-state index in [1.165, 1.54) is 25.7 Å². The summed E-state index contributed by atoms with van der Waals surface area (Å²) in [5.41, 5.74) is 12.9. The van der Waals surface area contributed by atoms with Gasteiger partial charge in [0.15, 0.2) is 0 Å². The Labute approximate surface area is 98.4 Å². The Bertz CT molecular complexity index is 370. The first-order valence-electron chi connectivity index (χ1n) is 6.41. The van der Waals surface area contributed by atoms with E-state index in [9.17, 15) is 0 Å². The van der Waals surface area contributed by atoms with E-state index in [0.29, 0.717) is 0 Å². The molecule has 0 spiro atoms. The van der Waals surface area contributed by atoms with Crippen molar-refractivity contribution in [2.45, 2.75) is 53.4 Å². The van der Waals surface area contributed by atoms with Crippen LogP contribution in [0.2, 0.25) is 0 Å². The highest BCUT2D eigenvalue weighted by molar-refractivity contribution is 5.63. The van der Waals surface area contributed by atoms with Crippen molar-refractivity contribution in [2.24, 2.45) is 0 Å². The topological polar surface area (TPSA) is 0 Å². The summed E-state index contributed by atoms with van der Waals surface area (Å²) in [6, 6.07) is 0. The SMILES string of the molecule is CC1=C(C)C2=C(CC2)C(C)=C(C)C2=C1CC2. The van der Waals surface area contributed by atoms with Crippen molar-refractivity contribution in [3.05, 3.63) is 44.6 Å². The van der Waals surface area contributed by atoms with Crippen LogP contribution in [0.25, 0.3) is 0 Å². The zero-order valence-corrected chi connectivity index (χ0v) is 10.8. The predicted octanol–water partition coefficient (Wildman–Crippen LogP) is 4.85. The molecule has 0 N–H and O–H groups in total. The van der Waals surface area contributed by atoms with Crippen LogP contribution in [-0.4, -0.2) is 0 Å². The monoisotopic (exact) mass is 212 g/mol. The van der Waals surface area contributed by atoms with E-state index in [4.69, 9.17) is 0 Å². The average molecular weight is 212 g/mol. The van der Waals surface area contributed by atoms with E-state index in [1.54, 1.807) is 44.6 Å². The number of rotatable bonds is 0. The molecule has 3 rings (SSSR count).